The first kappa shape index (κ1) is 35.6. The van der Waals surface area contributed by atoms with Gasteiger partial charge in [-0.3, -0.25) is 24.0 Å². The molecule has 5 atom stereocenters. The third-order valence-electron chi connectivity index (χ3n) is 9.45. The molecule has 47 heavy (non-hydrogen) atoms. The van der Waals surface area contributed by atoms with Gasteiger partial charge < -0.3 is 46.5 Å². The van der Waals surface area contributed by atoms with Crippen LogP contribution in [0.1, 0.15) is 50.7 Å². The SMILES string of the molecule is CC(C)C[C@H](NC(=O)CNC(=O)CNC(=O)CNC(=O)CN)C(=O)O.COc1ccc2c3c1O[C@H]1C(=O)CC[C@H]4[C@@H](C2)N(C)CC[C@]314. The van der Waals surface area contributed by atoms with Crippen molar-refractivity contribution in [1.29, 1.82) is 0 Å². The number of likely N-dealkylation sites (N-methyl/N-ethyl adjacent to an activating group) is 1. The van der Waals surface area contributed by atoms with Gasteiger partial charge in [-0.15, -0.1) is 0 Å². The lowest BCUT2D eigenvalue weighted by Crippen LogP contribution is -2.65. The van der Waals surface area contributed by atoms with E-state index in [0.29, 0.717) is 18.4 Å². The van der Waals surface area contributed by atoms with Crippen LogP contribution in [0.15, 0.2) is 12.1 Å². The number of hydrogen-bond donors (Lipinski definition) is 6. The van der Waals surface area contributed by atoms with Crippen molar-refractivity contribution in [1.82, 2.24) is 26.2 Å². The number of ether oxygens (including phenoxy) is 2. The van der Waals surface area contributed by atoms with Crippen LogP contribution < -0.4 is 36.5 Å². The van der Waals surface area contributed by atoms with Crippen molar-refractivity contribution in [2.75, 3.05) is 46.9 Å². The number of carboxylic acid groups (broad SMARTS) is 1. The number of nitrogens with one attached hydrogen (secondary N) is 4. The molecule has 15 heteroatoms. The fourth-order valence-corrected chi connectivity index (χ4v) is 7.34. The van der Waals surface area contributed by atoms with Crippen LogP contribution in [-0.4, -0.2) is 110 Å². The Morgan fingerprint density at radius 1 is 1.06 bits per heavy atom. The van der Waals surface area contributed by atoms with Crippen LogP contribution in [0.4, 0.5) is 0 Å². The molecule has 2 heterocycles. The zero-order chi connectivity index (χ0) is 34.5. The highest BCUT2D eigenvalue weighted by atomic mass is 16.5. The van der Waals surface area contributed by atoms with E-state index < -0.39 is 42.2 Å². The maximum atomic E-state index is 12.6. The third kappa shape index (κ3) is 7.67. The standard InChI is InChI=1S/C18H21NO3.C14H25N5O6/c1-19-8-7-18-11-4-5-13(20)17(18)22-16-14(21-2)6-3-10(15(16)18)9-12(11)19;1-8(2)3-9(14(24)25)19-13(23)7-18-12(22)6-17-11(21)5-16-10(20)4-15/h3,6,11-12,17H,4-5,7-9H2,1-2H3;8-9H,3-7,15H2,1-2H3,(H,16,20)(H,17,21)(H,18,22)(H,19,23)(H,24,25)/t11-,12+,17-,18-;9-/m00/s1. The van der Waals surface area contributed by atoms with Crippen LogP contribution in [0.2, 0.25) is 0 Å². The van der Waals surface area contributed by atoms with Gasteiger partial charge in [0.25, 0.3) is 0 Å². The van der Waals surface area contributed by atoms with E-state index in [-0.39, 0.29) is 49.3 Å². The highest BCUT2D eigenvalue weighted by molar-refractivity contribution is 5.91. The Kier molecular flexibility index (Phi) is 11.4. The number of rotatable bonds is 12. The molecule has 1 spiro atoms. The third-order valence-corrected chi connectivity index (χ3v) is 9.45. The Morgan fingerprint density at radius 3 is 2.30 bits per heavy atom. The summed E-state index contributed by atoms with van der Waals surface area (Å²) in [5.74, 6) is -1.01. The maximum Gasteiger partial charge on any atom is 0.326 e. The summed E-state index contributed by atoms with van der Waals surface area (Å²) in [6, 6.07) is 3.70. The van der Waals surface area contributed by atoms with E-state index in [4.69, 9.17) is 20.3 Å². The highest BCUT2D eigenvalue weighted by Crippen LogP contribution is 2.63. The molecule has 5 rings (SSSR count). The van der Waals surface area contributed by atoms with Gasteiger partial charge in [0.05, 0.1) is 33.3 Å². The number of hydrogen-bond acceptors (Lipinski definition) is 10. The Labute approximate surface area is 273 Å². The number of nitrogens with zero attached hydrogens (tertiary/aromatic N) is 1. The molecule has 1 aromatic carbocycles. The van der Waals surface area contributed by atoms with Gasteiger partial charge in [-0.2, -0.15) is 0 Å². The van der Waals surface area contributed by atoms with Crippen LogP contribution in [0.25, 0.3) is 0 Å². The van der Waals surface area contributed by atoms with Gasteiger partial charge in [0, 0.05) is 23.4 Å². The van der Waals surface area contributed by atoms with Crippen LogP contribution in [0, 0.1) is 11.8 Å². The molecular weight excluding hydrogens is 612 g/mol. The first-order valence-electron chi connectivity index (χ1n) is 15.9. The second-order valence-electron chi connectivity index (χ2n) is 12.9. The largest absolute Gasteiger partial charge is 0.493 e. The van der Waals surface area contributed by atoms with E-state index in [1.54, 1.807) is 7.11 Å². The number of piperidine rings is 1. The van der Waals surface area contributed by atoms with Crippen LogP contribution >= 0.6 is 0 Å². The lowest BCUT2D eigenvalue weighted by Gasteiger charge is -2.57. The Morgan fingerprint density at radius 2 is 1.70 bits per heavy atom. The lowest BCUT2D eigenvalue weighted by molar-refractivity contribution is -0.142. The summed E-state index contributed by atoms with van der Waals surface area (Å²) in [7, 11) is 3.91. The number of likely N-dealkylation sites (tertiary alicyclic amines) is 1. The minimum Gasteiger partial charge on any atom is -0.493 e. The van der Waals surface area contributed by atoms with Gasteiger partial charge in [0.2, 0.25) is 23.6 Å². The molecule has 258 valence electrons. The summed E-state index contributed by atoms with van der Waals surface area (Å²) in [5.41, 5.74) is 7.62. The molecule has 1 saturated carbocycles. The van der Waals surface area contributed by atoms with Crippen molar-refractivity contribution >= 4 is 35.4 Å². The number of carboxylic acids is 1. The number of aliphatic carboxylic acids is 1. The maximum absolute atomic E-state index is 12.6. The molecule has 2 aliphatic heterocycles. The number of carbonyl (C=O) groups excluding carboxylic acids is 5. The molecular formula is C32H46N6O9. The number of Topliss-reactive ketones (excluding diaryl/α,β-unsaturated/α-hetero) is 1. The molecule has 1 saturated heterocycles. The molecule has 15 nitrogen and oxygen atoms in total. The van der Waals surface area contributed by atoms with Crippen molar-refractivity contribution in [2.45, 2.75) is 69.6 Å². The first-order chi connectivity index (χ1) is 22.3. The van der Waals surface area contributed by atoms with Crippen molar-refractivity contribution < 1.29 is 43.3 Å². The average Bonchev–Trinajstić information content (AvgIpc) is 3.39. The predicted octanol–water partition coefficient (Wildman–Crippen LogP) is -1.16. The van der Waals surface area contributed by atoms with E-state index in [1.165, 1.54) is 11.1 Å². The summed E-state index contributed by atoms with van der Waals surface area (Å²) in [6.45, 7) is 3.31. The Balaban J connectivity index is 0.000000213. The summed E-state index contributed by atoms with van der Waals surface area (Å²) < 4.78 is 11.8. The number of nitrogens with two attached hydrogens (primary N) is 1. The summed E-state index contributed by atoms with van der Waals surface area (Å²) in [4.78, 5) is 71.5. The van der Waals surface area contributed by atoms with E-state index in [0.717, 1.165) is 37.3 Å². The van der Waals surface area contributed by atoms with Gasteiger partial charge >= 0.3 is 5.97 Å². The molecule has 2 bridgehead atoms. The second-order valence-corrected chi connectivity index (χ2v) is 12.9. The molecule has 2 aliphatic carbocycles. The van der Waals surface area contributed by atoms with Crippen molar-refractivity contribution in [3.05, 3.63) is 23.3 Å². The Hall–Kier alpha value is -4.24. The van der Waals surface area contributed by atoms with E-state index in [1.807, 2.05) is 19.9 Å². The van der Waals surface area contributed by atoms with Crippen molar-refractivity contribution in [3.8, 4) is 11.5 Å². The van der Waals surface area contributed by atoms with E-state index in [2.05, 4.69) is 39.3 Å². The average molecular weight is 659 g/mol. The first-order valence-corrected chi connectivity index (χ1v) is 15.9. The number of ketones is 1. The summed E-state index contributed by atoms with van der Waals surface area (Å²) in [6.07, 6.45) is 3.73. The van der Waals surface area contributed by atoms with Gasteiger partial charge in [0.1, 0.15) is 6.04 Å². The molecule has 2 fully saturated rings. The molecule has 7 N–H and O–H groups in total. The monoisotopic (exact) mass is 658 g/mol. The topological polar surface area (TPSA) is 218 Å². The summed E-state index contributed by atoms with van der Waals surface area (Å²) >= 11 is 0. The van der Waals surface area contributed by atoms with Crippen molar-refractivity contribution in [2.24, 2.45) is 17.6 Å². The molecule has 0 unspecified atom stereocenters. The van der Waals surface area contributed by atoms with Gasteiger partial charge in [0.15, 0.2) is 23.4 Å². The normalized spacial score (nSPS) is 24.0. The van der Waals surface area contributed by atoms with Gasteiger partial charge in [-0.1, -0.05) is 19.9 Å². The molecule has 0 radical (unpaired) electrons. The number of carbonyl (C=O) groups is 6. The quantitative estimate of drug-likeness (QED) is 0.157. The number of benzene rings is 1. The van der Waals surface area contributed by atoms with E-state index in [9.17, 15) is 28.8 Å². The van der Waals surface area contributed by atoms with Gasteiger partial charge in [-0.25, -0.2) is 4.79 Å². The molecule has 1 aromatic rings. The molecule has 0 aromatic heterocycles. The van der Waals surface area contributed by atoms with Crippen molar-refractivity contribution in [3.63, 3.8) is 0 Å². The minimum absolute atomic E-state index is 0.0750. The zero-order valence-corrected chi connectivity index (χ0v) is 27.4. The minimum atomic E-state index is -1.15. The Bertz CT molecular complexity index is 1400. The van der Waals surface area contributed by atoms with Crippen LogP contribution in [0.5, 0.6) is 11.5 Å². The van der Waals surface area contributed by atoms with E-state index >= 15 is 0 Å². The number of amides is 4. The zero-order valence-electron chi connectivity index (χ0n) is 27.4. The fourth-order valence-electron chi connectivity index (χ4n) is 7.34. The second kappa shape index (κ2) is 15.1. The highest BCUT2D eigenvalue weighted by Gasteiger charge is 2.65. The van der Waals surface area contributed by atoms with Gasteiger partial charge in [-0.05, 0) is 62.7 Å². The predicted molar refractivity (Wildman–Crippen MR) is 169 cm³/mol. The van der Waals surface area contributed by atoms with Crippen LogP contribution in [-0.2, 0) is 40.6 Å². The summed E-state index contributed by atoms with van der Waals surface area (Å²) in [5, 5.41) is 18.0. The molecule has 4 aliphatic rings. The smallest absolute Gasteiger partial charge is 0.326 e. The fraction of sp³-hybridized carbons (Fsp3) is 0.625. The molecule has 4 amide bonds. The number of methoxy groups -OCH3 is 1. The lowest BCUT2D eigenvalue weighted by atomic mass is 9.52. The van der Waals surface area contributed by atoms with Crippen LogP contribution in [0.3, 0.4) is 0 Å².